The number of amides is 3. The second-order valence-corrected chi connectivity index (χ2v) is 9.01. The number of carbonyl (C=O) groups excluding carboxylic acids is 3. The number of rotatable bonds is 7. The van der Waals surface area contributed by atoms with E-state index in [1.807, 2.05) is 30.3 Å². The molecule has 3 aromatic carbocycles. The van der Waals surface area contributed by atoms with Crippen molar-refractivity contribution in [2.75, 3.05) is 31.6 Å². The summed E-state index contributed by atoms with van der Waals surface area (Å²) >= 11 is 3.44. The summed E-state index contributed by atoms with van der Waals surface area (Å²) in [5.41, 5.74) is 4.44. The van der Waals surface area contributed by atoms with Gasteiger partial charge < -0.3 is 19.7 Å². The van der Waals surface area contributed by atoms with Gasteiger partial charge in [0.05, 0.1) is 30.7 Å². The van der Waals surface area contributed by atoms with Gasteiger partial charge in [-0.1, -0.05) is 52.3 Å². The third kappa shape index (κ3) is 7.48. The van der Waals surface area contributed by atoms with E-state index in [0.717, 1.165) is 10.0 Å². The first-order valence-corrected chi connectivity index (χ1v) is 12.4. The van der Waals surface area contributed by atoms with Gasteiger partial charge >= 0.3 is 11.8 Å². The van der Waals surface area contributed by atoms with Crippen LogP contribution in [0.4, 0.5) is 5.69 Å². The van der Waals surface area contributed by atoms with E-state index in [1.165, 1.54) is 6.21 Å². The number of para-hydroxylation sites is 1. The molecule has 37 heavy (non-hydrogen) atoms. The minimum atomic E-state index is -0.966. The molecule has 0 aromatic heterocycles. The Morgan fingerprint density at radius 3 is 2.57 bits per heavy atom. The Bertz CT molecular complexity index is 1310. The Hall–Kier alpha value is -4.02. The number of morpholine rings is 1. The standard InChI is InChI=1S/C27H25BrN4O5/c28-21-7-3-6-20(15-21)18-37-22-8-4-5-19(16-22)17-29-31-26(34)25(33)30-24-10-2-1-9-23(24)27(35)32-11-13-36-14-12-32/h1-10,15-17H,11-14,18H2,(H,30,33)(H,31,34)/b29-17-. The van der Waals surface area contributed by atoms with Crippen molar-refractivity contribution in [1.29, 1.82) is 0 Å². The minimum Gasteiger partial charge on any atom is -0.489 e. The quantitative estimate of drug-likeness (QED) is 0.259. The van der Waals surface area contributed by atoms with Crippen LogP contribution >= 0.6 is 15.9 Å². The fourth-order valence-electron chi connectivity index (χ4n) is 3.59. The molecular formula is C27H25BrN4O5. The number of benzene rings is 3. The molecule has 10 heteroatoms. The molecule has 3 aromatic rings. The van der Waals surface area contributed by atoms with E-state index in [1.54, 1.807) is 47.4 Å². The Balaban J connectivity index is 1.31. The molecule has 1 fully saturated rings. The molecule has 1 aliphatic heterocycles. The molecule has 190 valence electrons. The van der Waals surface area contributed by atoms with Crippen molar-refractivity contribution in [3.8, 4) is 5.75 Å². The van der Waals surface area contributed by atoms with E-state index >= 15 is 0 Å². The lowest BCUT2D eigenvalue weighted by Gasteiger charge is -2.27. The summed E-state index contributed by atoms with van der Waals surface area (Å²) in [5, 5.41) is 6.37. The first-order chi connectivity index (χ1) is 18.0. The van der Waals surface area contributed by atoms with Crippen LogP contribution in [-0.2, 0) is 20.9 Å². The summed E-state index contributed by atoms with van der Waals surface area (Å²) in [6.07, 6.45) is 1.41. The summed E-state index contributed by atoms with van der Waals surface area (Å²) in [4.78, 5) is 39.2. The molecule has 0 atom stereocenters. The molecule has 9 nitrogen and oxygen atoms in total. The van der Waals surface area contributed by atoms with Gasteiger partial charge in [0.25, 0.3) is 5.91 Å². The molecule has 1 aliphatic rings. The number of hydrogen-bond acceptors (Lipinski definition) is 6. The maximum atomic E-state index is 12.9. The Morgan fingerprint density at radius 2 is 1.76 bits per heavy atom. The third-order valence-electron chi connectivity index (χ3n) is 5.44. The van der Waals surface area contributed by atoms with Gasteiger partial charge in [-0.15, -0.1) is 0 Å². The summed E-state index contributed by atoms with van der Waals surface area (Å²) < 4.78 is 12.1. The van der Waals surface area contributed by atoms with Crippen LogP contribution in [0.25, 0.3) is 0 Å². The van der Waals surface area contributed by atoms with E-state index in [2.05, 4.69) is 31.8 Å². The minimum absolute atomic E-state index is 0.236. The van der Waals surface area contributed by atoms with Gasteiger partial charge in [-0.3, -0.25) is 14.4 Å². The second-order valence-electron chi connectivity index (χ2n) is 8.09. The maximum Gasteiger partial charge on any atom is 0.329 e. The molecule has 2 N–H and O–H groups in total. The SMILES string of the molecule is O=C(N/N=C\c1cccc(OCc2cccc(Br)c2)c1)C(=O)Nc1ccccc1C(=O)N1CCOCC1. The van der Waals surface area contributed by atoms with Crippen molar-refractivity contribution < 1.29 is 23.9 Å². The summed E-state index contributed by atoms with van der Waals surface area (Å²) in [6, 6.07) is 21.5. The van der Waals surface area contributed by atoms with Crippen LogP contribution in [0.3, 0.4) is 0 Å². The van der Waals surface area contributed by atoms with Crippen LogP contribution in [0.5, 0.6) is 5.75 Å². The van der Waals surface area contributed by atoms with Crippen LogP contribution in [0.2, 0.25) is 0 Å². The van der Waals surface area contributed by atoms with Gasteiger partial charge in [0.2, 0.25) is 0 Å². The Kier molecular flexibility index (Phi) is 9.01. The average molecular weight is 565 g/mol. The van der Waals surface area contributed by atoms with Crippen molar-refractivity contribution in [2.45, 2.75) is 6.61 Å². The highest BCUT2D eigenvalue weighted by atomic mass is 79.9. The highest BCUT2D eigenvalue weighted by Gasteiger charge is 2.22. The fourth-order valence-corrected chi connectivity index (χ4v) is 4.04. The topological polar surface area (TPSA) is 109 Å². The van der Waals surface area contributed by atoms with Crippen LogP contribution in [0, 0.1) is 0 Å². The zero-order valence-electron chi connectivity index (χ0n) is 19.9. The number of carbonyl (C=O) groups is 3. The number of ether oxygens (including phenoxy) is 2. The van der Waals surface area contributed by atoms with E-state index in [-0.39, 0.29) is 11.6 Å². The summed E-state index contributed by atoms with van der Waals surface area (Å²) in [7, 11) is 0. The van der Waals surface area contributed by atoms with Gasteiger partial charge in [-0.25, -0.2) is 5.43 Å². The molecule has 3 amide bonds. The van der Waals surface area contributed by atoms with Gasteiger partial charge in [-0.2, -0.15) is 5.10 Å². The number of hydrazone groups is 1. The van der Waals surface area contributed by atoms with Gasteiger partial charge in [-0.05, 0) is 47.5 Å². The molecule has 0 aliphatic carbocycles. The van der Waals surface area contributed by atoms with Crippen molar-refractivity contribution >= 4 is 45.6 Å². The number of halogens is 1. The van der Waals surface area contributed by atoms with Crippen molar-refractivity contribution in [1.82, 2.24) is 10.3 Å². The third-order valence-corrected chi connectivity index (χ3v) is 5.94. The summed E-state index contributed by atoms with van der Waals surface area (Å²) in [6.45, 7) is 2.24. The molecule has 1 saturated heterocycles. The molecular weight excluding hydrogens is 540 g/mol. The van der Waals surface area contributed by atoms with Gasteiger partial charge in [0, 0.05) is 17.6 Å². The van der Waals surface area contributed by atoms with E-state index in [0.29, 0.717) is 49.8 Å². The Morgan fingerprint density at radius 1 is 0.973 bits per heavy atom. The molecule has 4 rings (SSSR count). The fraction of sp³-hybridized carbons (Fsp3) is 0.185. The smallest absolute Gasteiger partial charge is 0.329 e. The van der Waals surface area contributed by atoms with Crippen molar-refractivity contribution in [3.63, 3.8) is 0 Å². The van der Waals surface area contributed by atoms with E-state index in [4.69, 9.17) is 9.47 Å². The molecule has 0 radical (unpaired) electrons. The summed E-state index contributed by atoms with van der Waals surface area (Å²) in [5.74, 6) is -1.51. The number of hydrogen-bond donors (Lipinski definition) is 2. The monoisotopic (exact) mass is 564 g/mol. The number of nitrogens with zero attached hydrogens (tertiary/aromatic N) is 2. The van der Waals surface area contributed by atoms with E-state index in [9.17, 15) is 14.4 Å². The number of anilines is 1. The molecule has 0 saturated carbocycles. The molecule has 0 unspecified atom stereocenters. The lowest BCUT2D eigenvalue weighted by atomic mass is 10.1. The largest absolute Gasteiger partial charge is 0.489 e. The first-order valence-electron chi connectivity index (χ1n) is 11.6. The molecule has 0 spiro atoms. The van der Waals surface area contributed by atoms with Crippen LogP contribution < -0.4 is 15.5 Å². The first kappa shape index (κ1) is 26.1. The van der Waals surface area contributed by atoms with Gasteiger partial charge in [0.15, 0.2) is 0 Å². The highest BCUT2D eigenvalue weighted by Crippen LogP contribution is 2.19. The molecule has 1 heterocycles. The number of nitrogens with one attached hydrogen (secondary N) is 2. The highest BCUT2D eigenvalue weighted by molar-refractivity contribution is 9.10. The van der Waals surface area contributed by atoms with Crippen molar-refractivity contribution in [3.05, 3.63) is 94.0 Å². The second kappa shape index (κ2) is 12.8. The Labute approximate surface area is 222 Å². The van der Waals surface area contributed by atoms with Crippen molar-refractivity contribution in [2.24, 2.45) is 5.10 Å². The molecule has 0 bridgehead atoms. The van der Waals surface area contributed by atoms with Crippen LogP contribution in [-0.4, -0.2) is 55.1 Å². The maximum absolute atomic E-state index is 12.9. The van der Waals surface area contributed by atoms with Crippen LogP contribution in [0.15, 0.2) is 82.4 Å². The zero-order chi connectivity index (χ0) is 26.0. The lowest BCUT2D eigenvalue weighted by Crippen LogP contribution is -2.41. The normalized spacial score (nSPS) is 13.3. The van der Waals surface area contributed by atoms with Crippen LogP contribution in [0.1, 0.15) is 21.5 Å². The zero-order valence-corrected chi connectivity index (χ0v) is 21.4. The predicted octanol–water partition coefficient (Wildman–Crippen LogP) is 3.59. The van der Waals surface area contributed by atoms with Gasteiger partial charge in [0.1, 0.15) is 12.4 Å². The van der Waals surface area contributed by atoms with E-state index < -0.39 is 11.8 Å². The lowest BCUT2D eigenvalue weighted by molar-refractivity contribution is -0.136. The average Bonchev–Trinajstić information content (AvgIpc) is 2.92. The predicted molar refractivity (Wildman–Crippen MR) is 142 cm³/mol.